The summed E-state index contributed by atoms with van der Waals surface area (Å²) >= 11 is 0. The molecule has 4 nitrogen and oxygen atoms in total. The van der Waals surface area contributed by atoms with Crippen LogP contribution in [0.1, 0.15) is 33.1 Å². The van der Waals surface area contributed by atoms with Crippen molar-refractivity contribution in [2.24, 2.45) is 11.8 Å². The van der Waals surface area contributed by atoms with Crippen molar-refractivity contribution >= 4 is 11.9 Å². The number of amides is 1. The van der Waals surface area contributed by atoms with Crippen LogP contribution in [-0.2, 0) is 9.59 Å². The summed E-state index contributed by atoms with van der Waals surface area (Å²) in [4.78, 5) is 21.4. The number of aliphatic carboxylic acids is 1. The first-order chi connectivity index (χ1) is 9.09. The molecule has 0 saturated carbocycles. The lowest BCUT2D eigenvalue weighted by Gasteiger charge is -2.21. The minimum Gasteiger partial charge on any atom is -0.481 e. The van der Waals surface area contributed by atoms with Gasteiger partial charge in [0.25, 0.3) is 5.91 Å². The lowest BCUT2D eigenvalue weighted by molar-refractivity contribution is -0.169. The van der Waals surface area contributed by atoms with Crippen molar-refractivity contribution in [1.29, 1.82) is 0 Å². The lowest BCUT2D eigenvalue weighted by atomic mass is 9.88. The van der Waals surface area contributed by atoms with Crippen LogP contribution in [0.5, 0.6) is 0 Å². The van der Waals surface area contributed by atoms with Crippen LogP contribution in [0.15, 0.2) is 0 Å². The summed E-state index contributed by atoms with van der Waals surface area (Å²) in [5, 5.41) is 10.3. The van der Waals surface area contributed by atoms with Gasteiger partial charge in [-0.1, -0.05) is 13.8 Å². The number of nitrogens with one attached hydrogen (secondary N) is 1. The average molecular weight is 301 g/mol. The molecule has 0 aromatic rings. The molecule has 1 unspecified atom stereocenters. The molecule has 1 atom stereocenters. The highest BCUT2D eigenvalue weighted by molar-refractivity contribution is 5.83. The molecule has 0 aliphatic rings. The van der Waals surface area contributed by atoms with E-state index in [2.05, 4.69) is 0 Å². The Hall–Kier alpha value is -1.34. The molecular weight excluding hydrogens is 282 g/mol. The maximum absolute atomic E-state index is 12.6. The quantitative estimate of drug-likeness (QED) is 0.643. The number of carboxylic acids is 1. The number of alkyl halides is 4. The molecule has 0 aromatic carbocycles. The van der Waals surface area contributed by atoms with Gasteiger partial charge in [0, 0.05) is 13.0 Å². The Labute approximate surface area is 114 Å². The fourth-order valence-electron chi connectivity index (χ4n) is 1.71. The first-order valence-electron chi connectivity index (χ1n) is 6.25. The lowest BCUT2D eigenvalue weighted by Crippen LogP contribution is -2.45. The number of carboxylic acid groups (broad SMARTS) is 1. The molecule has 0 aromatic heterocycles. The van der Waals surface area contributed by atoms with Gasteiger partial charge in [-0.05, 0) is 24.7 Å². The van der Waals surface area contributed by atoms with Crippen molar-refractivity contribution < 1.29 is 32.3 Å². The highest BCUT2D eigenvalue weighted by Crippen LogP contribution is 2.23. The topological polar surface area (TPSA) is 66.4 Å². The highest BCUT2D eigenvalue weighted by atomic mass is 19.3. The third kappa shape index (κ3) is 6.21. The van der Waals surface area contributed by atoms with Crippen molar-refractivity contribution in [3.8, 4) is 0 Å². The van der Waals surface area contributed by atoms with Crippen LogP contribution in [0.2, 0.25) is 0 Å². The van der Waals surface area contributed by atoms with E-state index in [1.54, 1.807) is 5.32 Å². The van der Waals surface area contributed by atoms with Gasteiger partial charge in [0.1, 0.15) is 0 Å². The average Bonchev–Trinajstić information content (AvgIpc) is 2.31. The Bertz CT molecular complexity index is 335. The van der Waals surface area contributed by atoms with Crippen LogP contribution in [-0.4, -0.2) is 35.9 Å². The Morgan fingerprint density at radius 3 is 2.15 bits per heavy atom. The van der Waals surface area contributed by atoms with Crippen molar-refractivity contribution in [3.05, 3.63) is 0 Å². The van der Waals surface area contributed by atoms with Crippen LogP contribution < -0.4 is 5.32 Å². The first-order valence-corrected chi connectivity index (χ1v) is 6.25. The molecule has 0 fully saturated rings. The summed E-state index contributed by atoms with van der Waals surface area (Å²) < 4.78 is 49.1. The summed E-state index contributed by atoms with van der Waals surface area (Å²) in [6.45, 7) is 3.48. The summed E-state index contributed by atoms with van der Waals surface area (Å²) in [6, 6.07) is 0. The van der Waals surface area contributed by atoms with E-state index in [1.165, 1.54) is 0 Å². The smallest absolute Gasteiger partial charge is 0.383 e. The van der Waals surface area contributed by atoms with Crippen LogP contribution in [0.25, 0.3) is 0 Å². The van der Waals surface area contributed by atoms with Gasteiger partial charge >= 0.3 is 18.3 Å². The molecule has 118 valence electrons. The molecule has 0 heterocycles. The standard InChI is InChI=1S/C12H19F4NO3/c1-7(2)8(3-4-9(18)19)5-6-17-11(20)12(15,16)10(13)14/h7-8,10H,3-6H2,1-2H3,(H,17,20)(H,18,19). The van der Waals surface area contributed by atoms with E-state index < -0.39 is 24.2 Å². The first kappa shape index (κ1) is 18.7. The Morgan fingerprint density at radius 2 is 1.75 bits per heavy atom. The second kappa shape index (κ2) is 8.06. The Kier molecular flexibility index (Phi) is 7.52. The number of halogens is 4. The van der Waals surface area contributed by atoms with E-state index in [-0.39, 0.29) is 31.2 Å². The van der Waals surface area contributed by atoms with E-state index in [1.807, 2.05) is 13.8 Å². The molecule has 20 heavy (non-hydrogen) atoms. The second-order valence-corrected chi connectivity index (χ2v) is 4.90. The predicted octanol–water partition coefficient (Wildman–Crippen LogP) is 2.53. The zero-order valence-electron chi connectivity index (χ0n) is 11.3. The van der Waals surface area contributed by atoms with E-state index in [0.29, 0.717) is 6.42 Å². The van der Waals surface area contributed by atoms with Crippen molar-refractivity contribution in [3.63, 3.8) is 0 Å². The maximum Gasteiger partial charge on any atom is 0.383 e. The summed E-state index contributed by atoms with van der Waals surface area (Å²) in [7, 11) is 0. The molecule has 0 aliphatic carbocycles. The van der Waals surface area contributed by atoms with Gasteiger partial charge in [-0.2, -0.15) is 8.78 Å². The van der Waals surface area contributed by atoms with Crippen molar-refractivity contribution in [2.75, 3.05) is 6.54 Å². The van der Waals surface area contributed by atoms with Gasteiger partial charge in [0.05, 0.1) is 0 Å². The van der Waals surface area contributed by atoms with Gasteiger partial charge < -0.3 is 10.4 Å². The minimum absolute atomic E-state index is 0.0655. The maximum atomic E-state index is 12.6. The summed E-state index contributed by atoms with van der Waals surface area (Å²) in [5.41, 5.74) is 0. The highest BCUT2D eigenvalue weighted by Gasteiger charge is 2.48. The largest absolute Gasteiger partial charge is 0.481 e. The molecular formula is C12H19F4NO3. The summed E-state index contributed by atoms with van der Waals surface area (Å²) in [6.07, 6.45) is -3.51. The van der Waals surface area contributed by atoms with Gasteiger partial charge in [-0.3, -0.25) is 9.59 Å². The molecule has 2 N–H and O–H groups in total. The third-order valence-corrected chi connectivity index (χ3v) is 3.05. The van der Waals surface area contributed by atoms with Gasteiger partial charge in [0.15, 0.2) is 0 Å². The SMILES string of the molecule is CC(C)C(CCNC(=O)C(F)(F)C(F)F)CCC(=O)O. The van der Waals surface area contributed by atoms with Crippen LogP contribution >= 0.6 is 0 Å². The molecule has 0 radical (unpaired) electrons. The second-order valence-electron chi connectivity index (χ2n) is 4.90. The van der Waals surface area contributed by atoms with E-state index in [9.17, 15) is 27.2 Å². The van der Waals surface area contributed by atoms with E-state index in [4.69, 9.17) is 5.11 Å². The Morgan fingerprint density at radius 1 is 1.20 bits per heavy atom. The van der Waals surface area contributed by atoms with Crippen LogP contribution in [0.3, 0.4) is 0 Å². The molecule has 0 saturated heterocycles. The number of carbonyl (C=O) groups excluding carboxylic acids is 1. The normalized spacial score (nSPS) is 13.6. The molecule has 0 aliphatic heterocycles. The zero-order valence-corrected chi connectivity index (χ0v) is 11.3. The van der Waals surface area contributed by atoms with Gasteiger partial charge in [-0.25, -0.2) is 8.78 Å². The van der Waals surface area contributed by atoms with E-state index in [0.717, 1.165) is 0 Å². The Balaban J connectivity index is 4.24. The molecule has 8 heteroatoms. The van der Waals surface area contributed by atoms with E-state index >= 15 is 0 Å². The van der Waals surface area contributed by atoms with Gasteiger partial charge in [-0.15, -0.1) is 0 Å². The fraction of sp³-hybridized carbons (Fsp3) is 0.833. The van der Waals surface area contributed by atoms with Gasteiger partial charge in [0.2, 0.25) is 0 Å². The van der Waals surface area contributed by atoms with Crippen molar-refractivity contribution in [2.45, 2.75) is 45.5 Å². The molecule has 0 spiro atoms. The zero-order chi connectivity index (χ0) is 15.9. The molecule has 1 amide bonds. The predicted molar refractivity (Wildman–Crippen MR) is 63.8 cm³/mol. The minimum atomic E-state index is -4.70. The number of hydrogen-bond donors (Lipinski definition) is 2. The van der Waals surface area contributed by atoms with Crippen molar-refractivity contribution in [1.82, 2.24) is 5.32 Å². The third-order valence-electron chi connectivity index (χ3n) is 3.05. The van der Waals surface area contributed by atoms with Crippen LogP contribution in [0, 0.1) is 11.8 Å². The number of carbonyl (C=O) groups is 2. The number of rotatable bonds is 9. The monoisotopic (exact) mass is 301 g/mol. The molecule has 0 rings (SSSR count). The summed E-state index contributed by atoms with van der Waals surface area (Å²) in [5.74, 6) is -7.67. The molecule has 0 bridgehead atoms. The fourth-order valence-corrected chi connectivity index (χ4v) is 1.71. The number of hydrogen-bond acceptors (Lipinski definition) is 2. The van der Waals surface area contributed by atoms with Crippen LogP contribution in [0.4, 0.5) is 17.6 Å².